The molecule has 1 aliphatic carbocycles. The van der Waals surface area contributed by atoms with Crippen LogP contribution in [0.1, 0.15) is 35.1 Å². The van der Waals surface area contributed by atoms with Gasteiger partial charge in [0.25, 0.3) is 5.91 Å². The van der Waals surface area contributed by atoms with Crippen LogP contribution < -0.4 is 5.32 Å². The van der Waals surface area contributed by atoms with Gasteiger partial charge in [0.2, 0.25) is 0 Å². The minimum Gasteiger partial charge on any atom is -0.392 e. The molecule has 0 saturated carbocycles. The quantitative estimate of drug-likeness (QED) is 0.901. The van der Waals surface area contributed by atoms with Crippen LogP contribution in [0, 0.1) is 11.6 Å². The molecule has 1 atom stereocenters. The number of carbonyl (C=O) groups is 1. The highest BCUT2D eigenvalue weighted by atomic mass is 19.2. The minimum absolute atomic E-state index is 0.131. The first kappa shape index (κ1) is 15.6. The minimum atomic E-state index is -0.954. The lowest BCUT2D eigenvalue weighted by molar-refractivity contribution is 0.0917. The fraction of sp³-hybridized carbons (Fsp3) is 0.375. The fourth-order valence-corrected chi connectivity index (χ4v) is 2.77. The molecule has 1 aliphatic rings. The first-order chi connectivity index (χ1) is 11.0. The smallest absolute Gasteiger partial charge is 0.272 e. The Hall–Kier alpha value is -2.28. The van der Waals surface area contributed by atoms with E-state index in [1.54, 1.807) is 6.92 Å². The Balaban J connectivity index is 1.98. The van der Waals surface area contributed by atoms with Crippen LogP contribution in [0.2, 0.25) is 0 Å². The van der Waals surface area contributed by atoms with E-state index in [-0.39, 0.29) is 18.1 Å². The summed E-state index contributed by atoms with van der Waals surface area (Å²) in [5.41, 5.74) is 2.34. The summed E-state index contributed by atoms with van der Waals surface area (Å²) < 4.78 is 28.1. The number of benzene rings is 1. The molecule has 7 heteroatoms. The number of hydrogen-bond donors (Lipinski definition) is 2. The summed E-state index contributed by atoms with van der Waals surface area (Å²) in [6.45, 7) is 1.70. The Labute approximate surface area is 131 Å². The maximum Gasteiger partial charge on any atom is 0.272 e. The molecule has 5 nitrogen and oxygen atoms in total. The van der Waals surface area contributed by atoms with Crippen molar-refractivity contribution in [1.82, 2.24) is 15.1 Å². The number of nitrogens with zero attached hydrogens (tertiary/aromatic N) is 2. The third kappa shape index (κ3) is 2.96. The largest absolute Gasteiger partial charge is 0.392 e. The van der Waals surface area contributed by atoms with E-state index in [9.17, 15) is 18.7 Å². The van der Waals surface area contributed by atoms with Gasteiger partial charge in [0.15, 0.2) is 17.3 Å². The predicted octanol–water partition coefficient (Wildman–Crippen LogP) is 1.75. The van der Waals surface area contributed by atoms with Crippen molar-refractivity contribution in [2.45, 2.75) is 32.3 Å². The second kappa shape index (κ2) is 6.08. The molecule has 0 fully saturated rings. The van der Waals surface area contributed by atoms with Crippen molar-refractivity contribution < 1.29 is 18.7 Å². The van der Waals surface area contributed by atoms with E-state index in [4.69, 9.17) is 0 Å². The van der Waals surface area contributed by atoms with Crippen molar-refractivity contribution >= 4 is 5.91 Å². The van der Waals surface area contributed by atoms with Gasteiger partial charge in [0.1, 0.15) is 0 Å². The van der Waals surface area contributed by atoms with Gasteiger partial charge in [-0.3, -0.25) is 4.79 Å². The van der Waals surface area contributed by atoms with Crippen LogP contribution in [0.25, 0.3) is 5.69 Å². The molecule has 0 saturated heterocycles. The Morgan fingerprint density at radius 2 is 2.17 bits per heavy atom. The first-order valence-corrected chi connectivity index (χ1v) is 7.50. The third-order valence-electron chi connectivity index (χ3n) is 3.85. The Kier molecular flexibility index (Phi) is 4.12. The molecule has 0 bridgehead atoms. The molecule has 1 aromatic heterocycles. The highest BCUT2D eigenvalue weighted by Crippen LogP contribution is 2.28. The lowest BCUT2D eigenvalue weighted by Crippen LogP contribution is -2.31. The van der Waals surface area contributed by atoms with Crippen molar-refractivity contribution in [3.05, 3.63) is 46.8 Å². The average molecular weight is 321 g/mol. The number of fused-ring (bicyclic) bond motifs is 1. The van der Waals surface area contributed by atoms with Crippen LogP contribution in [0.3, 0.4) is 0 Å². The van der Waals surface area contributed by atoms with E-state index in [2.05, 4.69) is 10.4 Å². The zero-order valence-electron chi connectivity index (χ0n) is 12.6. The van der Waals surface area contributed by atoms with E-state index < -0.39 is 17.7 Å². The Bertz CT molecular complexity index is 756. The second-order valence-electron chi connectivity index (χ2n) is 5.70. The van der Waals surface area contributed by atoms with Crippen molar-refractivity contribution in [3.63, 3.8) is 0 Å². The van der Waals surface area contributed by atoms with Gasteiger partial charge in [-0.05, 0) is 38.3 Å². The number of aliphatic hydroxyl groups excluding tert-OH is 1. The number of halogens is 2. The molecular weight excluding hydrogens is 304 g/mol. The summed E-state index contributed by atoms with van der Waals surface area (Å²) in [5.74, 6) is -2.25. The Morgan fingerprint density at radius 1 is 1.39 bits per heavy atom. The number of carbonyl (C=O) groups excluding carboxylic acids is 1. The monoisotopic (exact) mass is 321 g/mol. The second-order valence-corrected chi connectivity index (χ2v) is 5.70. The lowest BCUT2D eigenvalue weighted by Gasteiger charge is -2.07. The van der Waals surface area contributed by atoms with Gasteiger partial charge in [0, 0.05) is 23.9 Å². The van der Waals surface area contributed by atoms with E-state index in [0.29, 0.717) is 5.69 Å². The zero-order chi connectivity index (χ0) is 16.6. The van der Waals surface area contributed by atoms with Crippen molar-refractivity contribution in [3.8, 4) is 5.69 Å². The number of rotatable bonds is 4. The maximum absolute atomic E-state index is 13.5. The maximum atomic E-state index is 13.5. The number of nitrogens with one attached hydrogen (secondary N) is 1. The number of aromatic nitrogens is 2. The van der Waals surface area contributed by atoms with Crippen LogP contribution in [-0.4, -0.2) is 33.4 Å². The van der Waals surface area contributed by atoms with E-state index >= 15 is 0 Å². The van der Waals surface area contributed by atoms with Crippen LogP contribution >= 0.6 is 0 Å². The van der Waals surface area contributed by atoms with Crippen LogP contribution in [0.4, 0.5) is 8.78 Å². The normalized spacial score (nSPS) is 14.6. The molecule has 0 radical (unpaired) electrons. The molecule has 1 heterocycles. The topological polar surface area (TPSA) is 67.2 Å². The molecule has 2 N–H and O–H groups in total. The first-order valence-electron chi connectivity index (χ1n) is 7.50. The van der Waals surface area contributed by atoms with E-state index in [0.717, 1.165) is 42.7 Å². The van der Waals surface area contributed by atoms with Gasteiger partial charge in [-0.2, -0.15) is 5.10 Å². The van der Waals surface area contributed by atoms with E-state index in [1.807, 2.05) is 0 Å². The SMILES string of the molecule is CC(O)CNC(=O)c1nn(-c2ccc(F)c(F)c2)c2c1CCC2. The number of amides is 1. The molecule has 3 rings (SSSR count). The van der Waals surface area contributed by atoms with Gasteiger partial charge in [0.05, 0.1) is 11.8 Å². The number of hydrogen-bond acceptors (Lipinski definition) is 3. The standard InChI is InChI=1S/C16H17F2N3O2/c1-9(22)8-19-16(23)15-11-3-2-4-14(11)21(20-15)10-5-6-12(17)13(18)7-10/h5-7,9,22H,2-4,8H2,1H3,(H,19,23). The molecule has 0 spiro atoms. The summed E-state index contributed by atoms with van der Waals surface area (Å²) in [5, 5.41) is 16.2. The molecule has 1 amide bonds. The van der Waals surface area contributed by atoms with Gasteiger partial charge < -0.3 is 10.4 Å². The Morgan fingerprint density at radius 3 is 2.87 bits per heavy atom. The molecular formula is C16H17F2N3O2. The van der Waals surface area contributed by atoms with Gasteiger partial charge in [-0.1, -0.05) is 0 Å². The van der Waals surface area contributed by atoms with Gasteiger partial charge >= 0.3 is 0 Å². The van der Waals surface area contributed by atoms with Crippen LogP contribution in [0.5, 0.6) is 0 Å². The van der Waals surface area contributed by atoms with E-state index in [1.165, 1.54) is 10.7 Å². The summed E-state index contributed by atoms with van der Waals surface area (Å²) in [4.78, 5) is 12.2. The average Bonchev–Trinajstić information content (AvgIpc) is 3.09. The lowest BCUT2D eigenvalue weighted by atomic mass is 10.2. The molecule has 0 aliphatic heterocycles. The van der Waals surface area contributed by atoms with Crippen LogP contribution in [-0.2, 0) is 12.8 Å². The molecule has 23 heavy (non-hydrogen) atoms. The number of aliphatic hydroxyl groups is 1. The molecule has 1 aromatic carbocycles. The highest BCUT2D eigenvalue weighted by Gasteiger charge is 2.27. The van der Waals surface area contributed by atoms with Crippen molar-refractivity contribution in [2.24, 2.45) is 0 Å². The zero-order valence-corrected chi connectivity index (χ0v) is 12.6. The summed E-state index contributed by atoms with van der Waals surface area (Å²) in [6, 6.07) is 3.54. The molecule has 1 unspecified atom stereocenters. The summed E-state index contributed by atoms with van der Waals surface area (Å²) in [7, 11) is 0. The van der Waals surface area contributed by atoms with Gasteiger partial charge in [-0.15, -0.1) is 0 Å². The van der Waals surface area contributed by atoms with Crippen molar-refractivity contribution in [1.29, 1.82) is 0 Å². The summed E-state index contributed by atoms with van der Waals surface area (Å²) >= 11 is 0. The van der Waals surface area contributed by atoms with Crippen molar-refractivity contribution in [2.75, 3.05) is 6.54 Å². The predicted molar refractivity (Wildman–Crippen MR) is 79.5 cm³/mol. The van der Waals surface area contributed by atoms with Gasteiger partial charge in [-0.25, -0.2) is 13.5 Å². The third-order valence-corrected chi connectivity index (χ3v) is 3.85. The summed E-state index contributed by atoms with van der Waals surface area (Å²) in [6.07, 6.45) is 1.68. The molecule has 122 valence electrons. The fourth-order valence-electron chi connectivity index (χ4n) is 2.77. The van der Waals surface area contributed by atoms with Crippen LogP contribution in [0.15, 0.2) is 18.2 Å². The molecule has 2 aromatic rings. The highest BCUT2D eigenvalue weighted by molar-refractivity contribution is 5.94.